The van der Waals surface area contributed by atoms with E-state index in [0.29, 0.717) is 28.2 Å². The van der Waals surface area contributed by atoms with E-state index >= 15 is 0 Å². The molecule has 2 N–H and O–H groups in total. The highest BCUT2D eigenvalue weighted by Crippen LogP contribution is 2.57. The topological polar surface area (TPSA) is 45.1 Å². The predicted octanol–water partition coefficient (Wildman–Crippen LogP) is 6.12. The van der Waals surface area contributed by atoms with Crippen LogP contribution in [0.5, 0.6) is 0 Å². The Morgan fingerprint density at radius 2 is 1.84 bits per heavy atom. The van der Waals surface area contributed by atoms with Gasteiger partial charge in [0, 0.05) is 34.2 Å². The first-order valence-electron chi connectivity index (χ1n) is 10.2. The molecule has 0 unspecified atom stereocenters. The first-order chi connectivity index (χ1) is 15.0. The van der Waals surface area contributed by atoms with Crippen LogP contribution in [-0.2, 0) is 13.6 Å². The number of benzene rings is 2. The monoisotopic (exact) mass is 485 g/mol. The molecule has 0 bridgehead atoms. The Balaban J connectivity index is 1.52. The van der Waals surface area contributed by atoms with Gasteiger partial charge in [-0.3, -0.25) is 0 Å². The van der Waals surface area contributed by atoms with Gasteiger partial charge in [-0.2, -0.15) is 13.2 Å². The molecule has 1 fully saturated rings. The first-order valence-corrected chi connectivity index (χ1v) is 10.9. The number of hydrogen-bond donors (Lipinski definition) is 2. The van der Waals surface area contributed by atoms with Gasteiger partial charge in [-0.05, 0) is 42.7 Å². The SMILES string of the molecule is CN(C)c1cc2c(cc1Cl)nc(Nc1cc(CNCC3(C(F)(F)F)CC3)ccc1Cl)n2C. The van der Waals surface area contributed by atoms with Crippen molar-refractivity contribution in [3.8, 4) is 0 Å². The standard InChI is InChI=1S/C22H24Cl2F3N5/c1-31(2)18-10-19-17(9-15(18)24)30-20(32(19)3)29-16-8-13(4-5-14(16)23)11-28-12-21(6-7-21)22(25,26)27/h4-5,8-10,28H,6-7,11-12H2,1-3H3,(H,29,30). The molecule has 4 rings (SSSR count). The molecule has 1 heterocycles. The summed E-state index contributed by atoms with van der Waals surface area (Å²) in [6, 6.07) is 9.12. The quantitative estimate of drug-likeness (QED) is 0.422. The van der Waals surface area contributed by atoms with Crippen molar-refractivity contribution < 1.29 is 13.2 Å². The summed E-state index contributed by atoms with van der Waals surface area (Å²) in [5, 5.41) is 7.27. The lowest BCUT2D eigenvalue weighted by molar-refractivity contribution is -0.185. The third kappa shape index (κ3) is 4.36. The van der Waals surface area contributed by atoms with Crippen molar-refractivity contribution in [1.82, 2.24) is 14.9 Å². The summed E-state index contributed by atoms with van der Waals surface area (Å²) in [6.45, 7) is 0.232. The Morgan fingerprint density at radius 3 is 2.47 bits per heavy atom. The molecule has 5 nitrogen and oxygen atoms in total. The zero-order valence-corrected chi connectivity index (χ0v) is 19.5. The van der Waals surface area contributed by atoms with Crippen molar-refractivity contribution in [3.05, 3.63) is 45.9 Å². The minimum absolute atomic E-state index is 0.0817. The smallest absolute Gasteiger partial charge is 0.376 e. The molecule has 0 atom stereocenters. The number of alkyl halides is 3. The molecule has 0 amide bonds. The first kappa shape index (κ1) is 23.0. The Labute approximate surface area is 194 Å². The highest BCUT2D eigenvalue weighted by Gasteiger charge is 2.62. The van der Waals surface area contributed by atoms with Crippen molar-refractivity contribution in [3.63, 3.8) is 0 Å². The highest BCUT2D eigenvalue weighted by atomic mass is 35.5. The van der Waals surface area contributed by atoms with Crippen LogP contribution >= 0.6 is 23.2 Å². The normalized spacial score (nSPS) is 15.2. The molecule has 1 saturated carbocycles. The van der Waals surface area contributed by atoms with E-state index in [9.17, 15) is 13.2 Å². The van der Waals surface area contributed by atoms with E-state index in [1.165, 1.54) is 0 Å². The van der Waals surface area contributed by atoms with Crippen LogP contribution in [-0.4, -0.2) is 36.4 Å². The lowest BCUT2D eigenvalue weighted by Crippen LogP contribution is -2.35. The van der Waals surface area contributed by atoms with Crippen molar-refractivity contribution in [1.29, 1.82) is 0 Å². The Bertz CT molecular complexity index is 1150. The van der Waals surface area contributed by atoms with Crippen molar-refractivity contribution in [2.45, 2.75) is 25.6 Å². The van der Waals surface area contributed by atoms with Gasteiger partial charge in [0.05, 0.1) is 37.9 Å². The minimum atomic E-state index is -4.16. The molecule has 0 aliphatic heterocycles. The number of anilines is 3. The van der Waals surface area contributed by atoms with Crippen LogP contribution in [0, 0.1) is 5.41 Å². The summed E-state index contributed by atoms with van der Waals surface area (Å²) >= 11 is 12.7. The Morgan fingerprint density at radius 1 is 1.12 bits per heavy atom. The van der Waals surface area contributed by atoms with Gasteiger partial charge in [0.25, 0.3) is 0 Å². The maximum absolute atomic E-state index is 13.1. The number of nitrogens with one attached hydrogen (secondary N) is 2. The molecule has 172 valence electrons. The number of fused-ring (bicyclic) bond motifs is 1. The third-order valence-corrected chi connectivity index (χ3v) is 6.59. The van der Waals surface area contributed by atoms with E-state index < -0.39 is 11.6 Å². The molecular formula is C22H24Cl2F3N5. The molecule has 0 spiro atoms. The number of imidazole rings is 1. The maximum atomic E-state index is 13.1. The summed E-state index contributed by atoms with van der Waals surface area (Å²) in [5.41, 5.74) is 2.40. The second-order valence-corrected chi connectivity index (χ2v) is 9.32. The summed E-state index contributed by atoms with van der Waals surface area (Å²) in [7, 11) is 5.72. The van der Waals surface area contributed by atoms with Crippen LogP contribution in [0.15, 0.2) is 30.3 Å². The molecule has 0 saturated heterocycles. The number of hydrogen-bond acceptors (Lipinski definition) is 4. The molecule has 0 radical (unpaired) electrons. The van der Waals surface area contributed by atoms with E-state index in [0.717, 1.165) is 22.3 Å². The molecule has 32 heavy (non-hydrogen) atoms. The summed E-state index contributed by atoms with van der Waals surface area (Å²) in [6.07, 6.45) is -3.80. The van der Waals surface area contributed by atoms with Crippen molar-refractivity contribution >= 4 is 51.6 Å². The Hall–Kier alpha value is -2.16. The fraction of sp³-hybridized carbons (Fsp3) is 0.409. The number of rotatable bonds is 7. The van der Waals surface area contributed by atoms with Gasteiger partial charge in [0.1, 0.15) is 0 Å². The van der Waals surface area contributed by atoms with Gasteiger partial charge < -0.3 is 20.1 Å². The lowest BCUT2D eigenvalue weighted by atomic mass is 10.1. The molecule has 10 heteroatoms. The van der Waals surface area contributed by atoms with Crippen molar-refractivity contribution in [2.24, 2.45) is 12.5 Å². The van der Waals surface area contributed by atoms with Crippen LogP contribution in [0.1, 0.15) is 18.4 Å². The van der Waals surface area contributed by atoms with E-state index in [1.54, 1.807) is 12.1 Å². The summed E-state index contributed by atoms with van der Waals surface area (Å²) in [5.74, 6) is 0.577. The van der Waals surface area contributed by atoms with Gasteiger partial charge in [0.2, 0.25) is 5.95 Å². The molecular weight excluding hydrogens is 462 g/mol. The third-order valence-electron chi connectivity index (χ3n) is 5.96. The number of aryl methyl sites for hydroxylation is 1. The van der Waals surface area contributed by atoms with Crippen molar-refractivity contribution in [2.75, 3.05) is 30.9 Å². The van der Waals surface area contributed by atoms with Gasteiger partial charge >= 0.3 is 6.18 Å². The molecule has 1 aliphatic carbocycles. The largest absolute Gasteiger partial charge is 0.395 e. The molecule has 1 aliphatic rings. The molecule has 3 aromatic rings. The average molecular weight is 486 g/mol. The van der Waals surface area contributed by atoms with Gasteiger partial charge in [-0.25, -0.2) is 4.98 Å². The van der Waals surface area contributed by atoms with E-state index in [1.807, 2.05) is 48.8 Å². The van der Waals surface area contributed by atoms with E-state index in [2.05, 4.69) is 15.6 Å². The fourth-order valence-electron chi connectivity index (χ4n) is 3.71. The van der Waals surface area contributed by atoms with Crippen LogP contribution in [0.25, 0.3) is 11.0 Å². The second-order valence-electron chi connectivity index (χ2n) is 8.50. The molecule has 1 aromatic heterocycles. The van der Waals surface area contributed by atoms with Gasteiger partial charge in [-0.1, -0.05) is 29.3 Å². The molecule has 2 aromatic carbocycles. The number of nitrogens with zero attached hydrogens (tertiary/aromatic N) is 3. The average Bonchev–Trinajstić information content (AvgIpc) is 3.44. The fourth-order valence-corrected chi connectivity index (χ4v) is 4.20. The van der Waals surface area contributed by atoms with Gasteiger partial charge in [0.15, 0.2) is 0 Å². The zero-order chi connectivity index (χ0) is 23.3. The van der Waals surface area contributed by atoms with Crippen LogP contribution in [0.4, 0.5) is 30.5 Å². The summed E-state index contributed by atoms with van der Waals surface area (Å²) in [4.78, 5) is 6.55. The number of halogens is 5. The van der Waals surface area contributed by atoms with Crippen LogP contribution < -0.4 is 15.5 Å². The number of aromatic nitrogens is 2. The second kappa shape index (κ2) is 8.32. The van der Waals surface area contributed by atoms with Crippen LogP contribution in [0.2, 0.25) is 10.0 Å². The predicted molar refractivity (Wildman–Crippen MR) is 124 cm³/mol. The zero-order valence-electron chi connectivity index (χ0n) is 17.9. The van der Waals surface area contributed by atoms with Crippen LogP contribution in [0.3, 0.4) is 0 Å². The van der Waals surface area contributed by atoms with E-state index in [4.69, 9.17) is 23.2 Å². The minimum Gasteiger partial charge on any atom is -0.376 e. The maximum Gasteiger partial charge on any atom is 0.395 e. The highest BCUT2D eigenvalue weighted by molar-refractivity contribution is 6.34. The lowest BCUT2D eigenvalue weighted by Gasteiger charge is -2.19. The van der Waals surface area contributed by atoms with Gasteiger partial charge in [-0.15, -0.1) is 0 Å². The summed E-state index contributed by atoms with van der Waals surface area (Å²) < 4.78 is 41.2. The Kier molecular flexibility index (Phi) is 5.98. The van der Waals surface area contributed by atoms with E-state index in [-0.39, 0.29) is 19.4 Å².